The van der Waals surface area contributed by atoms with Gasteiger partial charge in [-0.1, -0.05) is 36.4 Å². The predicted octanol–water partition coefficient (Wildman–Crippen LogP) is 1.72. The number of hydrogen-bond acceptors (Lipinski definition) is 4. The van der Waals surface area contributed by atoms with Gasteiger partial charge in [0.05, 0.1) is 11.5 Å². The molecule has 1 aliphatic heterocycles. The van der Waals surface area contributed by atoms with Gasteiger partial charge in [-0.3, -0.25) is 0 Å². The van der Waals surface area contributed by atoms with Crippen LogP contribution in [-0.2, 0) is 6.42 Å². The van der Waals surface area contributed by atoms with Crippen LogP contribution in [0.15, 0.2) is 60.7 Å². The Kier molecular flexibility index (Phi) is 6.08. The number of aromatic carboxylic acids is 1. The number of aryl methyl sites for hydroxylation is 1. The number of benzene rings is 3. The summed E-state index contributed by atoms with van der Waals surface area (Å²) in [5.74, 6) is -1.26. The number of carboxylic acid groups (broad SMARTS) is 1. The van der Waals surface area contributed by atoms with Gasteiger partial charge >= 0.3 is 29.6 Å². The first kappa shape index (κ1) is 22.5. The van der Waals surface area contributed by atoms with Crippen molar-refractivity contribution in [2.24, 2.45) is 0 Å². The van der Waals surface area contributed by atoms with E-state index in [9.17, 15) is 14.3 Å². The Labute approximate surface area is 208 Å². The van der Waals surface area contributed by atoms with Gasteiger partial charge in [-0.2, -0.15) is 0 Å². The fourth-order valence-electron chi connectivity index (χ4n) is 4.63. The van der Waals surface area contributed by atoms with Crippen molar-refractivity contribution in [3.8, 4) is 11.1 Å². The van der Waals surface area contributed by atoms with E-state index in [2.05, 4.69) is 30.0 Å². The van der Waals surface area contributed by atoms with E-state index in [4.69, 9.17) is 4.98 Å². The molecule has 5 rings (SSSR count). The van der Waals surface area contributed by atoms with Crippen LogP contribution in [0.4, 0.5) is 15.9 Å². The monoisotopic (exact) mass is 434 g/mol. The minimum atomic E-state index is -1.33. The number of aromatic nitrogens is 1. The van der Waals surface area contributed by atoms with Gasteiger partial charge in [0.2, 0.25) is 0 Å². The molecule has 0 saturated heterocycles. The van der Waals surface area contributed by atoms with E-state index >= 15 is 0 Å². The van der Waals surface area contributed by atoms with E-state index in [0.717, 1.165) is 12.1 Å². The molecule has 0 spiro atoms. The van der Waals surface area contributed by atoms with Gasteiger partial charge in [0.25, 0.3) is 0 Å². The summed E-state index contributed by atoms with van der Waals surface area (Å²) >= 11 is 0. The SMILES string of the molecule is Cc1ccccc1-c1cccc2c1CCN2c1nc2ccc(F)cc2c(C(=O)[O-])c1C.[Na+]. The Hall–Kier alpha value is -2.73. The number of hydrogen-bond donors (Lipinski definition) is 0. The van der Waals surface area contributed by atoms with Crippen LogP contribution in [0.1, 0.15) is 27.0 Å². The topological polar surface area (TPSA) is 56.3 Å². The number of halogens is 1. The molecule has 32 heavy (non-hydrogen) atoms. The minimum absolute atomic E-state index is 0. The van der Waals surface area contributed by atoms with Crippen LogP contribution in [0.3, 0.4) is 0 Å². The van der Waals surface area contributed by atoms with Crippen LogP contribution in [0, 0.1) is 19.7 Å². The van der Waals surface area contributed by atoms with E-state index in [1.54, 1.807) is 6.92 Å². The second kappa shape index (κ2) is 8.66. The van der Waals surface area contributed by atoms with Gasteiger partial charge < -0.3 is 14.8 Å². The number of nitrogens with zero attached hydrogens (tertiary/aromatic N) is 2. The zero-order valence-electron chi connectivity index (χ0n) is 18.3. The molecule has 0 saturated carbocycles. The van der Waals surface area contributed by atoms with Crippen molar-refractivity contribution in [3.05, 3.63) is 88.7 Å². The van der Waals surface area contributed by atoms with Gasteiger partial charge in [-0.05, 0) is 66.8 Å². The second-order valence-corrected chi connectivity index (χ2v) is 7.90. The van der Waals surface area contributed by atoms with Crippen molar-refractivity contribution in [1.82, 2.24) is 4.98 Å². The molecule has 0 aliphatic carbocycles. The average molecular weight is 434 g/mol. The van der Waals surface area contributed by atoms with E-state index in [-0.39, 0.29) is 40.5 Å². The summed E-state index contributed by atoms with van der Waals surface area (Å²) < 4.78 is 13.8. The number of carboxylic acids is 1. The number of pyridine rings is 1. The molecule has 1 aromatic heterocycles. The third kappa shape index (κ3) is 3.60. The number of carbonyl (C=O) groups is 1. The van der Waals surface area contributed by atoms with Gasteiger partial charge in [-0.15, -0.1) is 0 Å². The third-order valence-electron chi connectivity index (χ3n) is 6.09. The normalized spacial score (nSPS) is 12.5. The molecule has 0 bridgehead atoms. The van der Waals surface area contributed by atoms with Crippen molar-refractivity contribution >= 4 is 28.4 Å². The fraction of sp³-hybridized carbons (Fsp3) is 0.154. The largest absolute Gasteiger partial charge is 1.00 e. The first-order valence-corrected chi connectivity index (χ1v) is 10.2. The van der Waals surface area contributed by atoms with Crippen molar-refractivity contribution in [2.45, 2.75) is 20.3 Å². The van der Waals surface area contributed by atoms with Crippen molar-refractivity contribution < 1.29 is 43.8 Å². The summed E-state index contributed by atoms with van der Waals surface area (Å²) in [6.45, 7) is 4.49. The van der Waals surface area contributed by atoms with Gasteiger partial charge in [0.1, 0.15) is 11.6 Å². The van der Waals surface area contributed by atoms with Crippen LogP contribution in [0.25, 0.3) is 22.0 Å². The molecule has 4 nitrogen and oxygen atoms in total. The predicted molar refractivity (Wildman–Crippen MR) is 118 cm³/mol. The molecule has 154 valence electrons. The molecule has 0 atom stereocenters. The number of carbonyl (C=O) groups excluding carboxylic acids is 1. The molecule has 4 aromatic rings. The quantitative estimate of drug-likeness (QED) is 0.461. The van der Waals surface area contributed by atoms with E-state index in [1.165, 1.54) is 40.5 Å². The van der Waals surface area contributed by atoms with Crippen molar-refractivity contribution in [1.29, 1.82) is 0 Å². The molecule has 3 aromatic carbocycles. The maximum absolute atomic E-state index is 13.8. The Balaban J connectivity index is 0.00000245. The molecule has 0 fully saturated rings. The summed E-state index contributed by atoms with van der Waals surface area (Å²) in [5, 5.41) is 12.2. The summed E-state index contributed by atoms with van der Waals surface area (Å²) in [6.07, 6.45) is 0.822. The molecule has 0 amide bonds. The average Bonchev–Trinajstić information content (AvgIpc) is 3.17. The Bertz CT molecular complexity index is 1370. The zero-order valence-corrected chi connectivity index (χ0v) is 20.3. The molecule has 1 aliphatic rings. The first-order chi connectivity index (χ1) is 15.0. The summed E-state index contributed by atoms with van der Waals surface area (Å²) in [5.41, 5.74) is 6.71. The Morgan fingerprint density at radius 2 is 1.78 bits per heavy atom. The van der Waals surface area contributed by atoms with Crippen LogP contribution in [-0.4, -0.2) is 17.5 Å². The number of rotatable bonds is 3. The standard InChI is InChI=1S/C26H21FN2O2.Na/c1-15-6-3-4-7-18(15)19-8-5-9-23-20(19)12-13-29(23)25-16(2)24(26(30)31)21-14-17(27)10-11-22(21)28-25;/h3-11,14H,12-13H2,1-2H3,(H,30,31);/q;+1/p-1. The van der Waals surface area contributed by atoms with Crippen LogP contribution >= 0.6 is 0 Å². The zero-order chi connectivity index (χ0) is 21.7. The Morgan fingerprint density at radius 3 is 2.53 bits per heavy atom. The van der Waals surface area contributed by atoms with Gasteiger partial charge in [0, 0.05) is 28.7 Å². The van der Waals surface area contributed by atoms with E-state index in [0.29, 0.717) is 23.4 Å². The smallest absolute Gasteiger partial charge is 0.545 e. The second-order valence-electron chi connectivity index (χ2n) is 7.90. The molecule has 6 heteroatoms. The van der Waals surface area contributed by atoms with Gasteiger partial charge in [-0.25, -0.2) is 9.37 Å². The summed E-state index contributed by atoms with van der Waals surface area (Å²) in [6, 6.07) is 18.5. The third-order valence-corrected chi connectivity index (χ3v) is 6.09. The van der Waals surface area contributed by atoms with E-state index in [1.807, 2.05) is 24.3 Å². The van der Waals surface area contributed by atoms with Crippen LogP contribution in [0.2, 0.25) is 0 Å². The summed E-state index contributed by atoms with van der Waals surface area (Å²) in [7, 11) is 0. The molecule has 0 unspecified atom stereocenters. The maximum Gasteiger partial charge on any atom is 1.00 e. The Morgan fingerprint density at radius 1 is 1.03 bits per heavy atom. The molecule has 0 N–H and O–H groups in total. The van der Waals surface area contributed by atoms with Crippen LogP contribution < -0.4 is 39.6 Å². The first-order valence-electron chi connectivity index (χ1n) is 10.2. The maximum atomic E-state index is 13.8. The van der Waals surface area contributed by atoms with Gasteiger partial charge in [0.15, 0.2) is 0 Å². The molecular weight excluding hydrogens is 414 g/mol. The molecule has 2 heterocycles. The summed E-state index contributed by atoms with van der Waals surface area (Å²) in [4.78, 5) is 18.7. The fourth-order valence-corrected chi connectivity index (χ4v) is 4.63. The van der Waals surface area contributed by atoms with E-state index < -0.39 is 11.8 Å². The molecular formula is C26H20FN2NaO2. The number of anilines is 2. The van der Waals surface area contributed by atoms with Crippen LogP contribution in [0.5, 0.6) is 0 Å². The number of fused-ring (bicyclic) bond motifs is 2. The molecule has 0 radical (unpaired) electrons. The van der Waals surface area contributed by atoms with Crippen molar-refractivity contribution in [3.63, 3.8) is 0 Å². The minimum Gasteiger partial charge on any atom is -0.545 e. The van der Waals surface area contributed by atoms with Crippen molar-refractivity contribution in [2.75, 3.05) is 11.4 Å².